The quantitative estimate of drug-likeness (QED) is 0.599. The van der Waals surface area contributed by atoms with Gasteiger partial charge >= 0.3 is 6.09 Å². The van der Waals surface area contributed by atoms with Gasteiger partial charge in [0.2, 0.25) is 0 Å². The van der Waals surface area contributed by atoms with Crippen LogP contribution in [0.3, 0.4) is 0 Å². The predicted molar refractivity (Wildman–Crippen MR) is 94.7 cm³/mol. The molecule has 128 valence electrons. The minimum absolute atomic E-state index is 0.331. The van der Waals surface area contributed by atoms with Crippen molar-refractivity contribution in [3.05, 3.63) is 47.0 Å². The number of carbonyl (C=O) groups is 1. The molecule has 0 saturated heterocycles. The molecule has 0 aliphatic carbocycles. The normalized spacial score (nSPS) is 10.6. The van der Waals surface area contributed by atoms with Crippen LogP contribution in [-0.4, -0.2) is 31.9 Å². The fraction of sp³-hybridized carbons (Fsp3) is 0.125. The van der Waals surface area contributed by atoms with Crippen molar-refractivity contribution in [1.82, 2.24) is 15.0 Å². The molecule has 1 amide bonds. The zero-order valence-corrected chi connectivity index (χ0v) is 14.0. The number of hydrogen-bond donors (Lipinski definition) is 3. The molecular weight excluding hydrogens is 344 g/mol. The molecule has 0 radical (unpaired) electrons. The van der Waals surface area contributed by atoms with E-state index in [1.54, 1.807) is 24.3 Å². The number of fused-ring (bicyclic) bond motifs is 1. The van der Waals surface area contributed by atoms with E-state index in [4.69, 9.17) is 9.84 Å². The molecule has 0 atom stereocenters. The van der Waals surface area contributed by atoms with Gasteiger partial charge in [-0.25, -0.2) is 14.8 Å². The maximum absolute atomic E-state index is 11.3. The second-order valence-corrected chi connectivity index (χ2v) is 6.18. The Morgan fingerprint density at radius 2 is 2.20 bits per heavy atom. The zero-order valence-electron chi connectivity index (χ0n) is 13.1. The third kappa shape index (κ3) is 3.89. The summed E-state index contributed by atoms with van der Waals surface area (Å²) in [7, 11) is 0. The largest absolute Gasteiger partial charge is 0.465 e. The van der Waals surface area contributed by atoms with Gasteiger partial charge in [0.25, 0.3) is 5.56 Å². The number of nitrogens with one attached hydrogen (secondary N) is 2. The van der Waals surface area contributed by atoms with Crippen LogP contribution in [0, 0.1) is 0 Å². The Bertz CT molecular complexity index is 989. The number of anilines is 1. The number of carboxylic acid groups (broad SMARTS) is 1. The van der Waals surface area contributed by atoms with E-state index in [0.29, 0.717) is 28.4 Å². The molecule has 0 fully saturated rings. The predicted octanol–water partition coefficient (Wildman–Crippen LogP) is 3.31. The molecule has 0 unspecified atom stereocenters. The lowest BCUT2D eigenvalue weighted by molar-refractivity contribution is 0.209. The van der Waals surface area contributed by atoms with Gasteiger partial charge in [0.05, 0.1) is 11.9 Å². The van der Waals surface area contributed by atoms with Gasteiger partial charge in [0.1, 0.15) is 11.3 Å². The highest BCUT2D eigenvalue weighted by Gasteiger charge is 2.11. The third-order valence-corrected chi connectivity index (χ3v) is 4.10. The Balaban J connectivity index is 1.96. The van der Waals surface area contributed by atoms with Crippen molar-refractivity contribution < 1.29 is 14.6 Å². The molecule has 1 aromatic carbocycles. The first-order valence-corrected chi connectivity index (χ1v) is 8.34. The second-order valence-electron chi connectivity index (χ2n) is 4.88. The molecule has 0 bridgehead atoms. The van der Waals surface area contributed by atoms with Gasteiger partial charge in [-0.1, -0.05) is 6.92 Å². The minimum atomic E-state index is -1.13. The summed E-state index contributed by atoms with van der Waals surface area (Å²) < 4.78 is 5.87. The van der Waals surface area contributed by atoms with Crippen molar-refractivity contribution in [2.24, 2.45) is 0 Å². The number of thioether (sulfide) groups is 1. The van der Waals surface area contributed by atoms with Crippen LogP contribution in [0.4, 0.5) is 10.5 Å². The lowest BCUT2D eigenvalue weighted by Crippen LogP contribution is -2.08. The van der Waals surface area contributed by atoms with Crippen LogP contribution < -0.4 is 15.6 Å². The standard InChI is InChI=1S/C16H14N4O4S/c1-2-25-12-7-9(3-4-10(12)19-16(22)23)24-11-5-6-17-15-14(11)18-8-13(21)20-15/h3-8,19H,2H2,1H3,(H,22,23)(H,17,20,21). The summed E-state index contributed by atoms with van der Waals surface area (Å²) in [5.74, 6) is 1.73. The van der Waals surface area contributed by atoms with Crippen LogP contribution in [-0.2, 0) is 0 Å². The number of H-pyrrole nitrogens is 1. The first-order chi connectivity index (χ1) is 12.1. The van der Waals surface area contributed by atoms with Gasteiger partial charge in [0.15, 0.2) is 11.4 Å². The van der Waals surface area contributed by atoms with Gasteiger partial charge in [-0.2, -0.15) is 0 Å². The molecule has 0 aliphatic rings. The lowest BCUT2D eigenvalue weighted by Gasteiger charge is -2.12. The van der Waals surface area contributed by atoms with Crippen LogP contribution >= 0.6 is 11.8 Å². The van der Waals surface area contributed by atoms with Gasteiger partial charge in [0, 0.05) is 17.2 Å². The summed E-state index contributed by atoms with van der Waals surface area (Å²) in [5, 5.41) is 11.3. The minimum Gasteiger partial charge on any atom is -0.465 e. The topological polar surface area (TPSA) is 117 Å². The molecule has 9 heteroatoms. The van der Waals surface area contributed by atoms with Crippen LogP contribution in [0.15, 0.2) is 46.3 Å². The molecule has 3 aromatic rings. The molecule has 2 aromatic heterocycles. The van der Waals surface area contributed by atoms with E-state index < -0.39 is 6.09 Å². The second kappa shape index (κ2) is 7.22. The number of nitrogens with zero attached hydrogens (tertiary/aromatic N) is 2. The van der Waals surface area contributed by atoms with Crippen LogP contribution in [0.25, 0.3) is 11.2 Å². The van der Waals surface area contributed by atoms with Crippen molar-refractivity contribution >= 4 is 34.7 Å². The van der Waals surface area contributed by atoms with Crippen LogP contribution in [0.1, 0.15) is 6.92 Å². The van der Waals surface area contributed by atoms with E-state index in [2.05, 4.69) is 20.3 Å². The maximum Gasteiger partial charge on any atom is 0.409 e. The smallest absolute Gasteiger partial charge is 0.409 e. The Labute approximate surface area is 146 Å². The van der Waals surface area contributed by atoms with Gasteiger partial charge in [-0.15, -0.1) is 11.8 Å². The molecule has 3 rings (SSSR count). The number of rotatable bonds is 5. The Morgan fingerprint density at radius 1 is 1.36 bits per heavy atom. The Kier molecular flexibility index (Phi) is 4.85. The first-order valence-electron chi connectivity index (χ1n) is 7.35. The molecule has 0 saturated carbocycles. The van der Waals surface area contributed by atoms with Gasteiger partial charge in [-0.05, 0) is 24.0 Å². The number of ether oxygens (including phenoxy) is 1. The highest BCUT2D eigenvalue weighted by Crippen LogP contribution is 2.34. The highest BCUT2D eigenvalue weighted by molar-refractivity contribution is 7.99. The van der Waals surface area contributed by atoms with E-state index in [0.717, 1.165) is 16.8 Å². The maximum atomic E-state index is 11.3. The van der Waals surface area contributed by atoms with Crippen molar-refractivity contribution in [2.75, 3.05) is 11.1 Å². The number of aromatic nitrogens is 3. The number of amides is 1. The Morgan fingerprint density at radius 3 is 2.96 bits per heavy atom. The average Bonchev–Trinajstić information content (AvgIpc) is 2.57. The summed E-state index contributed by atoms with van der Waals surface area (Å²) in [6, 6.07) is 6.68. The monoisotopic (exact) mass is 358 g/mol. The molecule has 8 nitrogen and oxygen atoms in total. The van der Waals surface area contributed by atoms with Crippen molar-refractivity contribution in [3.8, 4) is 11.5 Å². The molecule has 0 aliphatic heterocycles. The van der Waals surface area contributed by atoms with Crippen molar-refractivity contribution in [3.63, 3.8) is 0 Å². The average molecular weight is 358 g/mol. The molecular formula is C16H14N4O4S. The fourth-order valence-corrected chi connectivity index (χ4v) is 2.98. The summed E-state index contributed by atoms with van der Waals surface area (Å²) in [5.41, 5.74) is 0.911. The Hall–Kier alpha value is -3.07. The number of pyridine rings is 1. The SMILES string of the molecule is CCSc1cc(Oc2ccnc3[nH]c(=O)cnc23)ccc1NC(=O)O. The van der Waals surface area contributed by atoms with E-state index in [1.807, 2.05) is 6.92 Å². The summed E-state index contributed by atoms with van der Waals surface area (Å²) in [4.78, 5) is 33.7. The third-order valence-electron chi connectivity index (χ3n) is 3.16. The lowest BCUT2D eigenvalue weighted by atomic mass is 10.3. The van der Waals surface area contributed by atoms with Gasteiger partial charge in [-0.3, -0.25) is 10.1 Å². The molecule has 25 heavy (non-hydrogen) atoms. The molecule has 3 N–H and O–H groups in total. The van der Waals surface area contributed by atoms with Gasteiger partial charge < -0.3 is 14.8 Å². The first kappa shape index (κ1) is 16.8. The fourth-order valence-electron chi connectivity index (χ4n) is 2.19. The summed E-state index contributed by atoms with van der Waals surface area (Å²) in [6.45, 7) is 1.97. The van der Waals surface area contributed by atoms with E-state index in [1.165, 1.54) is 18.0 Å². The van der Waals surface area contributed by atoms with Crippen molar-refractivity contribution in [1.29, 1.82) is 0 Å². The summed E-state index contributed by atoms with van der Waals surface area (Å²) >= 11 is 1.49. The number of aromatic amines is 1. The highest BCUT2D eigenvalue weighted by atomic mass is 32.2. The van der Waals surface area contributed by atoms with Crippen LogP contribution in [0.2, 0.25) is 0 Å². The summed E-state index contributed by atoms with van der Waals surface area (Å²) in [6.07, 6.45) is 1.55. The van der Waals surface area contributed by atoms with E-state index in [9.17, 15) is 9.59 Å². The van der Waals surface area contributed by atoms with E-state index in [-0.39, 0.29) is 5.56 Å². The van der Waals surface area contributed by atoms with E-state index >= 15 is 0 Å². The number of benzene rings is 1. The number of hydrogen-bond acceptors (Lipinski definition) is 6. The van der Waals surface area contributed by atoms with Crippen molar-refractivity contribution in [2.45, 2.75) is 11.8 Å². The molecule has 0 spiro atoms. The van der Waals surface area contributed by atoms with Crippen LogP contribution in [0.5, 0.6) is 11.5 Å². The zero-order chi connectivity index (χ0) is 17.8. The molecule has 2 heterocycles.